The Morgan fingerprint density at radius 2 is 1.79 bits per heavy atom. The monoisotopic (exact) mass is 400 g/mol. The van der Waals surface area contributed by atoms with E-state index in [1.165, 1.54) is 6.07 Å². The van der Waals surface area contributed by atoms with Gasteiger partial charge in [0.25, 0.3) is 5.91 Å². The first-order valence-electron chi connectivity index (χ1n) is 9.54. The molecule has 0 spiro atoms. The minimum absolute atomic E-state index is 0.0380. The summed E-state index contributed by atoms with van der Waals surface area (Å²) in [4.78, 5) is 26.6. The van der Waals surface area contributed by atoms with E-state index in [0.29, 0.717) is 43.4 Å². The van der Waals surface area contributed by atoms with Gasteiger partial charge in [-0.05, 0) is 44.2 Å². The van der Waals surface area contributed by atoms with Crippen LogP contribution in [0.15, 0.2) is 42.5 Å². The second-order valence-electron chi connectivity index (χ2n) is 7.02. The van der Waals surface area contributed by atoms with Crippen molar-refractivity contribution in [1.82, 2.24) is 5.32 Å². The van der Waals surface area contributed by atoms with Crippen LogP contribution in [-0.2, 0) is 4.74 Å². The molecule has 2 aromatic rings. The van der Waals surface area contributed by atoms with Crippen LogP contribution in [0.5, 0.6) is 0 Å². The Morgan fingerprint density at radius 3 is 2.48 bits per heavy atom. The van der Waals surface area contributed by atoms with Crippen molar-refractivity contribution in [2.24, 2.45) is 0 Å². The van der Waals surface area contributed by atoms with Gasteiger partial charge < -0.3 is 25.6 Å². The Balaban J connectivity index is 1.72. The van der Waals surface area contributed by atoms with Crippen molar-refractivity contribution in [3.8, 4) is 0 Å². The molecule has 1 fully saturated rings. The normalized spacial score (nSPS) is 13.9. The zero-order chi connectivity index (χ0) is 20.8. The molecule has 29 heavy (non-hydrogen) atoms. The summed E-state index contributed by atoms with van der Waals surface area (Å²) in [6.07, 6.45) is 0. The fourth-order valence-electron chi connectivity index (χ4n) is 3.05. The van der Waals surface area contributed by atoms with Gasteiger partial charge in [-0.1, -0.05) is 12.1 Å². The van der Waals surface area contributed by atoms with Crippen molar-refractivity contribution in [2.45, 2.75) is 19.9 Å². The van der Waals surface area contributed by atoms with Gasteiger partial charge in [-0.15, -0.1) is 0 Å². The van der Waals surface area contributed by atoms with Gasteiger partial charge in [0.1, 0.15) is 5.82 Å². The van der Waals surface area contributed by atoms with Crippen molar-refractivity contribution < 1.29 is 18.7 Å². The summed E-state index contributed by atoms with van der Waals surface area (Å²) in [7, 11) is 0. The van der Waals surface area contributed by atoms with Gasteiger partial charge >= 0.3 is 6.03 Å². The summed E-state index contributed by atoms with van der Waals surface area (Å²) in [6.45, 7) is 6.05. The lowest BCUT2D eigenvalue weighted by Crippen LogP contribution is -2.36. The van der Waals surface area contributed by atoms with E-state index in [9.17, 15) is 14.0 Å². The maximum Gasteiger partial charge on any atom is 0.319 e. The standard InChI is InChI=1S/C21H25FN4O3/c1-14(2)23-21(28)25-18-6-4-3-5-16(18)20(27)24-15-7-8-19(17(22)13-15)26-9-11-29-12-10-26/h3-8,13-14H,9-12H2,1-2H3,(H,24,27)(H2,23,25,28). The molecule has 8 heteroatoms. The minimum Gasteiger partial charge on any atom is -0.378 e. The number of urea groups is 1. The number of nitrogens with one attached hydrogen (secondary N) is 3. The van der Waals surface area contributed by atoms with Gasteiger partial charge in [-0.3, -0.25) is 4.79 Å². The van der Waals surface area contributed by atoms with Crippen molar-refractivity contribution in [2.75, 3.05) is 41.8 Å². The number of hydrogen-bond donors (Lipinski definition) is 3. The molecule has 2 aromatic carbocycles. The number of ether oxygens (including phenoxy) is 1. The number of carbonyl (C=O) groups is 2. The number of amides is 3. The molecule has 154 valence electrons. The number of morpholine rings is 1. The fourth-order valence-corrected chi connectivity index (χ4v) is 3.05. The lowest BCUT2D eigenvalue weighted by Gasteiger charge is -2.29. The molecule has 1 aliphatic heterocycles. The molecule has 0 radical (unpaired) electrons. The topological polar surface area (TPSA) is 82.7 Å². The third-order valence-electron chi connectivity index (χ3n) is 4.40. The van der Waals surface area contributed by atoms with Crippen LogP contribution in [0.25, 0.3) is 0 Å². The zero-order valence-electron chi connectivity index (χ0n) is 16.5. The van der Waals surface area contributed by atoms with Crippen LogP contribution in [0.1, 0.15) is 24.2 Å². The molecule has 0 unspecified atom stereocenters. The molecular weight excluding hydrogens is 375 g/mol. The molecule has 7 nitrogen and oxygen atoms in total. The van der Waals surface area contributed by atoms with Crippen molar-refractivity contribution in [3.63, 3.8) is 0 Å². The lowest BCUT2D eigenvalue weighted by atomic mass is 10.1. The number of benzene rings is 2. The third-order valence-corrected chi connectivity index (χ3v) is 4.40. The van der Waals surface area contributed by atoms with Gasteiger partial charge in [-0.25, -0.2) is 9.18 Å². The Labute approximate surface area is 169 Å². The van der Waals surface area contributed by atoms with Gasteiger partial charge in [0.2, 0.25) is 0 Å². The first-order valence-corrected chi connectivity index (χ1v) is 9.54. The summed E-state index contributed by atoms with van der Waals surface area (Å²) in [5.41, 5.74) is 1.47. The third kappa shape index (κ3) is 5.45. The average Bonchev–Trinajstić information content (AvgIpc) is 2.68. The molecule has 3 N–H and O–H groups in total. The highest BCUT2D eigenvalue weighted by Crippen LogP contribution is 2.25. The maximum absolute atomic E-state index is 14.6. The Morgan fingerprint density at radius 1 is 1.07 bits per heavy atom. The van der Waals surface area contributed by atoms with Gasteiger partial charge in [0.05, 0.1) is 30.2 Å². The highest BCUT2D eigenvalue weighted by molar-refractivity contribution is 6.10. The fraction of sp³-hybridized carbons (Fsp3) is 0.333. The molecule has 3 rings (SSSR count). The van der Waals surface area contributed by atoms with Crippen LogP contribution in [0.3, 0.4) is 0 Å². The molecule has 0 saturated carbocycles. The first kappa shape index (κ1) is 20.6. The molecule has 0 aromatic heterocycles. The van der Waals surface area contributed by atoms with E-state index in [-0.39, 0.29) is 11.6 Å². The predicted molar refractivity (Wildman–Crippen MR) is 111 cm³/mol. The summed E-state index contributed by atoms with van der Waals surface area (Å²) >= 11 is 0. The number of carbonyl (C=O) groups excluding carboxylic acids is 2. The summed E-state index contributed by atoms with van der Waals surface area (Å²) in [5, 5.41) is 8.07. The van der Waals surface area contributed by atoms with E-state index in [1.54, 1.807) is 36.4 Å². The van der Waals surface area contributed by atoms with Crippen LogP contribution in [0.2, 0.25) is 0 Å². The lowest BCUT2D eigenvalue weighted by molar-refractivity contribution is 0.102. The highest BCUT2D eigenvalue weighted by atomic mass is 19.1. The minimum atomic E-state index is -0.441. The van der Waals surface area contributed by atoms with E-state index >= 15 is 0 Å². The van der Waals surface area contributed by atoms with E-state index in [1.807, 2.05) is 18.7 Å². The van der Waals surface area contributed by atoms with Gasteiger partial charge in [0.15, 0.2) is 0 Å². The summed E-state index contributed by atoms with van der Waals surface area (Å²) < 4.78 is 19.9. The molecular formula is C21H25FN4O3. The molecule has 1 heterocycles. The van der Waals surface area contributed by atoms with Crippen LogP contribution >= 0.6 is 0 Å². The summed E-state index contributed by atoms with van der Waals surface area (Å²) in [5.74, 6) is -0.851. The summed E-state index contributed by atoms with van der Waals surface area (Å²) in [6, 6.07) is 10.8. The molecule has 0 aliphatic carbocycles. The second-order valence-corrected chi connectivity index (χ2v) is 7.02. The molecule has 1 saturated heterocycles. The Bertz CT molecular complexity index is 882. The number of rotatable bonds is 5. The van der Waals surface area contributed by atoms with Gasteiger partial charge in [0, 0.05) is 24.8 Å². The predicted octanol–water partition coefficient (Wildman–Crippen LogP) is 3.44. The van der Waals surface area contributed by atoms with E-state index in [0.717, 1.165) is 0 Å². The van der Waals surface area contributed by atoms with E-state index < -0.39 is 17.8 Å². The van der Waals surface area contributed by atoms with Crippen molar-refractivity contribution in [1.29, 1.82) is 0 Å². The molecule has 0 bridgehead atoms. The van der Waals surface area contributed by atoms with E-state index in [4.69, 9.17) is 4.74 Å². The number of nitrogens with zero attached hydrogens (tertiary/aromatic N) is 1. The maximum atomic E-state index is 14.6. The second kappa shape index (κ2) is 9.38. The highest BCUT2D eigenvalue weighted by Gasteiger charge is 2.17. The van der Waals surface area contributed by atoms with Crippen LogP contribution in [-0.4, -0.2) is 44.3 Å². The smallest absolute Gasteiger partial charge is 0.319 e. The Hall–Kier alpha value is -3.13. The van der Waals surface area contributed by atoms with Crippen LogP contribution < -0.4 is 20.9 Å². The number of para-hydroxylation sites is 1. The van der Waals surface area contributed by atoms with Crippen molar-refractivity contribution >= 4 is 29.0 Å². The number of hydrogen-bond acceptors (Lipinski definition) is 4. The first-order chi connectivity index (χ1) is 13.9. The number of halogens is 1. The van der Waals surface area contributed by atoms with Crippen molar-refractivity contribution in [3.05, 3.63) is 53.8 Å². The molecule has 1 aliphatic rings. The quantitative estimate of drug-likeness (QED) is 0.718. The molecule has 3 amide bonds. The molecule has 0 atom stereocenters. The Kier molecular flexibility index (Phi) is 6.66. The van der Waals surface area contributed by atoms with Crippen LogP contribution in [0.4, 0.5) is 26.2 Å². The average molecular weight is 400 g/mol. The van der Waals surface area contributed by atoms with Crippen LogP contribution in [0, 0.1) is 5.82 Å². The SMILES string of the molecule is CC(C)NC(=O)Nc1ccccc1C(=O)Nc1ccc(N2CCOCC2)c(F)c1. The van der Waals surface area contributed by atoms with Gasteiger partial charge in [-0.2, -0.15) is 0 Å². The zero-order valence-corrected chi connectivity index (χ0v) is 16.5. The largest absolute Gasteiger partial charge is 0.378 e. The number of anilines is 3. The van der Waals surface area contributed by atoms with E-state index in [2.05, 4.69) is 16.0 Å².